The third-order valence-corrected chi connectivity index (χ3v) is 2.97. The van der Waals surface area contributed by atoms with Crippen LogP contribution in [-0.4, -0.2) is 18.0 Å². The Labute approximate surface area is 115 Å². The van der Waals surface area contributed by atoms with Crippen molar-refractivity contribution in [3.63, 3.8) is 0 Å². The van der Waals surface area contributed by atoms with Gasteiger partial charge < -0.3 is 5.32 Å². The number of alkyl halides is 5. The Morgan fingerprint density at radius 1 is 1.11 bits per heavy atom. The molecule has 100 valence electrons. The summed E-state index contributed by atoms with van der Waals surface area (Å²) in [6.07, 6.45) is -5.93. The average Bonchev–Trinajstić information content (AvgIpc) is 2.20. The van der Waals surface area contributed by atoms with E-state index in [1.54, 1.807) is 0 Å². The largest absolute Gasteiger partial charge is 0.463 e. The second-order valence-electron chi connectivity index (χ2n) is 3.15. The van der Waals surface area contributed by atoms with Gasteiger partial charge in [0.05, 0.1) is 5.69 Å². The molecule has 1 aromatic rings. The predicted octanol–water partition coefficient (Wildman–Crippen LogP) is 4.35. The van der Waals surface area contributed by atoms with Gasteiger partial charge in [-0.2, -0.15) is 22.0 Å². The first-order chi connectivity index (χ1) is 8.05. The molecule has 0 saturated heterocycles. The summed E-state index contributed by atoms with van der Waals surface area (Å²) in [6.45, 7) is 0. The molecule has 0 aromatic heterocycles. The Morgan fingerprint density at radius 2 is 1.67 bits per heavy atom. The van der Waals surface area contributed by atoms with E-state index in [1.165, 1.54) is 23.5 Å². The van der Waals surface area contributed by atoms with Crippen LogP contribution in [0.25, 0.3) is 0 Å². The second kappa shape index (κ2) is 5.12. The Bertz CT molecular complexity index is 475. The van der Waals surface area contributed by atoms with Crippen LogP contribution in [0.2, 0.25) is 0 Å². The van der Waals surface area contributed by atoms with Gasteiger partial charge in [-0.1, -0.05) is 15.9 Å². The summed E-state index contributed by atoms with van der Waals surface area (Å²) in [5.74, 6) is -7.88. The third-order valence-electron chi connectivity index (χ3n) is 1.82. The van der Waals surface area contributed by atoms with E-state index in [0.717, 1.165) is 0 Å². The second-order valence-corrected chi connectivity index (χ2v) is 4.92. The van der Waals surface area contributed by atoms with Crippen LogP contribution in [0.4, 0.5) is 27.6 Å². The van der Waals surface area contributed by atoms with Crippen LogP contribution in [0.3, 0.4) is 0 Å². The summed E-state index contributed by atoms with van der Waals surface area (Å²) >= 11 is 5.98. The molecule has 0 aliphatic heterocycles. The lowest BCUT2D eigenvalue weighted by molar-refractivity contribution is -0.267. The highest BCUT2D eigenvalue weighted by Gasteiger charge is 2.63. The molecule has 0 saturated carbocycles. The quantitative estimate of drug-likeness (QED) is 0.740. The van der Waals surface area contributed by atoms with Gasteiger partial charge in [-0.25, -0.2) is 0 Å². The number of amides is 1. The van der Waals surface area contributed by atoms with Crippen molar-refractivity contribution in [1.82, 2.24) is 0 Å². The minimum Gasteiger partial charge on any atom is -0.319 e. The zero-order valence-electron chi connectivity index (χ0n) is 8.29. The van der Waals surface area contributed by atoms with Gasteiger partial charge in [0, 0.05) is 8.95 Å². The van der Waals surface area contributed by atoms with Crippen LogP contribution in [0.1, 0.15) is 0 Å². The van der Waals surface area contributed by atoms with Crippen molar-refractivity contribution in [3.8, 4) is 0 Å². The van der Waals surface area contributed by atoms with E-state index >= 15 is 0 Å². The minimum atomic E-state index is -5.93. The van der Waals surface area contributed by atoms with Crippen LogP contribution in [0, 0.1) is 0 Å². The molecule has 2 nitrogen and oxygen atoms in total. The summed E-state index contributed by atoms with van der Waals surface area (Å²) in [5.41, 5.74) is -0.188. The van der Waals surface area contributed by atoms with E-state index in [4.69, 9.17) is 0 Å². The van der Waals surface area contributed by atoms with Crippen molar-refractivity contribution in [2.45, 2.75) is 12.1 Å². The van der Waals surface area contributed by atoms with Crippen molar-refractivity contribution in [2.24, 2.45) is 0 Å². The van der Waals surface area contributed by atoms with Crippen molar-refractivity contribution in [1.29, 1.82) is 0 Å². The highest BCUT2D eigenvalue weighted by molar-refractivity contribution is 9.11. The number of carbonyl (C=O) groups is 1. The fourth-order valence-corrected chi connectivity index (χ4v) is 2.07. The van der Waals surface area contributed by atoms with Crippen LogP contribution in [-0.2, 0) is 4.79 Å². The van der Waals surface area contributed by atoms with Gasteiger partial charge in [-0.15, -0.1) is 0 Å². The summed E-state index contributed by atoms with van der Waals surface area (Å²) in [4.78, 5) is 10.9. The van der Waals surface area contributed by atoms with Crippen LogP contribution in [0.15, 0.2) is 27.1 Å². The summed E-state index contributed by atoms with van der Waals surface area (Å²) < 4.78 is 61.8. The highest BCUT2D eigenvalue weighted by Crippen LogP contribution is 2.37. The van der Waals surface area contributed by atoms with Gasteiger partial charge in [0.25, 0.3) is 0 Å². The molecule has 1 aromatic carbocycles. The summed E-state index contributed by atoms with van der Waals surface area (Å²) in [6, 6.07) is 3.95. The van der Waals surface area contributed by atoms with E-state index in [0.29, 0.717) is 4.47 Å². The number of carbonyl (C=O) groups excluding carboxylic acids is 1. The SMILES string of the molecule is O=C(Nc1ccc(Br)cc1Br)C(F)(F)C(F)(F)F. The zero-order chi connectivity index (χ0) is 14.1. The monoisotopic (exact) mass is 395 g/mol. The maximum atomic E-state index is 12.7. The Morgan fingerprint density at radius 3 is 2.11 bits per heavy atom. The molecule has 0 aliphatic carbocycles. The van der Waals surface area contributed by atoms with Crippen LogP contribution >= 0.6 is 31.9 Å². The highest BCUT2D eigenvalue weighted by atomic mass is 79.9. The first-order valence-electron chi connectivity index (χ1n) is 4.27. The predicted molar refractivity (Wildman–Crippen MR) is 61.5 cm³/mol. The lowest BCUT2D eigenvalue weighted by atomic mass is 10.2. The normalized spacial score (nSPS) is 12.4. The molecule has 0 unspecified atom stereocenters. The van der Waals surface area contributed by atoms with E-state index in [9.17, 15) is 26.7 Å². The standard InChI is InChI=1S/C9H4Br2F5NO/c10-4-1-2-6(5(11)3-4)17-7(18)8(12,13)9(14,15)16/h1-3H,(H,17,18). The van der Waals surface area contributed by atoms with Gasteiger partial charge >= 0.3 is 18.0 Å². The van der Waals surface area contributed by atoms with Crippen molar-refractivity contribution in [2.75, 3.05) is 5.32 Å². The molecular weight excluding hydrogens is 393 g/mol. The molecule has 0 spiro atoms. The van der Waals surface area contributed by atoms with Gasteiger partial charge in [0.15, 0.2) is 0 Å². The van der Waals surface area contributed by atoms with Gasteiger partial charge in [-0.05, 0) is 34.1 Å². The number of hydrogen-bond donors (Lipinski definition) is 1. The fraction of sp³-hybridized carbons (Fsp3) is 0.222. The fourth-order valence-electron chi connectivity index (χ4n) is 0.920. The maximum Gasteiger partial charge on any atom is 0.463 e. The van der Waals surface area contributed by atoms with E-state index in [-0.39, 0.29) is 10.2 Å². The first-order valence-corrected chi connectivity index (χ1v) is 5.85. The lowest BCUT2D eigenvalue weighted by Gasteiger charge is -2.19. The first kappa shape index (κ1) is 15.4. The molecule has 9 heteroatoms. The van der Waals surface area contributed by atoms with E-state index in [2.05, 4.69) is 31.9 Å². The topological polar surface area (TPSA) is 29.1 Å². The molecule has 0 bridgehead atoms. The summed E-state index contributed by atoms with van der Waals surface area (Å²) in [7, 11) is 0. The van der Waals surface area contributed by atoms with Crippen molar-refractivity contribution in [3.05, 3.63) is 27.1 Å². The molecule has 0 fully saturated rings. The van der Waals surface area contributed by atoms with Crippen LogP contribution < -0.4 is 5.32 Å². The number of anilines is 1. The Balaban J connectivity index is 2.95. The molecule has 0 aliphatic rings. The molecule has 1 rings (SSSR count). The smallest absolute Gasteiger partial charge is 0.319 e. The van der Waals surface area contributed by atoms with Gasteiger partial charge in [0.1, 0.15) is 0 Å². The summed E-state index contributed by atoms with van der Waals surface area (Å²) in [5, 5.41) is 1.51. The third kappa shape index (κ3) is 3.19. The van der Waals surface area contributed by atoms with Crippen molar-refractivity contribution < 1.29 is 26.7 Å². The number of rotatable bonds is 2. The number of hydrogen-bond acceptors (Lipinski definition) is 1. The van der Waals surface area contributed by atoms with E-state index in [1.807, 2.05) is 0 Å². The molecule has 18 heavy (non-hydrogen) atoms. The van der Waals surface area contributed by atoms with Gasteiger partial charge in [0.2, 0.25) is 0 Å². The number of halogens is 7. The molecule has 0 atom stereocenters. The molecule has 1 amide bonds. The zero-order valence-corrected chi connectivity index (χ0v) is 11.5. The Kier molecular flexibility index (Phi) is 4.37. The molecular formula is C9H4Br2F5NO. The maximum absolute atomic E-state index is 12.7. The molecule has 0 radical (unpaired) electrons. The average molecular weight is 397 g/mol. The molecule has 0 heterocycles. The lowest BCUT2D eigenvalue weighted by Crippen LogP contribution is -2.47. The van der Waals surface area contributed by atoms with Crippen LogP contribution in [0.5, 0.6) is 0 Å². The number of nitrogens with one attached hydrogen (secondary N) is 1. The number of benzene rings is 1. The van der Waals surface area contributed by atoms with Gasteiger partial charge in [-0.3, -0.25) is 4.79 Å². The van der Waals surface area contributed by atoms with E-state index < -0.39 is 18.0 Å². The minimum absolute atomic E-state index is 0.170. The van der Waals surface area contributed by atoms with Crippen molar-refractivity contribution >= 4 is 43.5 Å². The molecule has 1 N–H and O–H groups in total. The Hall–Kier alpha value is -0.700.